The van der Waals surface area contributed by atoms with Crippen LogP contribution in [0.2, 0.25) is 0 Å². The van der Waals surface area contributed by atoms with Gasteiger partial charge in [0.15, 0.2) is 5.82 Å². The van der Waals surface area contributed by atoms with Crippen LogP contribution in [0.4, 0.5) is 0 Å². The summed E-state index contributed by atoms with van der Waals surface area (Å²) in [6.07, 6.45) is 0. The maximum absolute atomic E-state index is 5.32. The first-order valence-corrected chi connectivity index (χ1v) is 18.3. The van der Waals surface area contributed by atoms with Gasteiger partial charge in [-0.1, -0.05) is 179 Å². The van der Waals surface area contributed by atoms with E-state index in [1.54, 1.807) is 0 Å². The molecule has 10 rings (SSSR count). The molecule has 0 fully saturated rings. The number of hydrogen-bond acceptors (Lipinski definition) is 2. The molecule has 2 aliphatic carbocycles. The maximum atomic E-state index is 5.32. The molecule has 2 aliphatic rings. The van der Waals surface area contributed by atoms with Crippen molar-refractivity contribution in [2.75, 3.05) is 0 Å². The van der Waals surface area contributed by atoms with Gasteiger partial charge < -0.3 is 0 Å². The van der Waals surface area contributed by atoms with Crippen LogP contribution in [0.15, 0.2) is 158 Å². The lowest BCUT2D eigenvalue weighted by molar-refractivity contribution is 0.661. The molecule has 0 aliphatic heterocycles. The summed E-state index contributed by atoms with van der Waals surface area (Å²) in [6, 6.07) is 57.2. The van der Waals surface area contributed by atoms with E-state index in [9.17, 15) is 0 Å². The first-order valence-electron chi connectivity index (χ1n) is 18.3. The van der Waals surface area contributed by atoms with E-state index in [0.717, 1.165) is 33.9 Å². The van der Waals surface area contributed by atoms with E-state index < -0.39 is 0 Å². The van der Waals surface area contributed by atoms with Crippen molar-refractivity contribution in [3.8, 4) is 67.3 Å². The van der Waals surface area contributed by atoms with Crippen molar-refractivity contribution in [3.63, 3.8) is 0 Å². The zero-order valence-corrected chi connectivity index (χ0v) is 29.9. The summed E-state index contributed by atoms with van der Waals surface area (Å²) in [5.41, 5.74) is 18.1. The quantitative estimate of drug-likeness (QED) is 0.187. The van der Waals surface area contributed by atoms with Gasteiger partial charge in [0.25, 0.3) is 0 Å². The number of aromatic nitrogens is 2. The Hall–Kier alpha value is -6.12. The first-order chi connectivity index (χ1) is 25.3. The van der Waals surface area contributed by atoms with Gasteiger partial charge >= 0.3 is 0 Å². The molecule has 2 nitrogen and oxygen atoms in total. The molecule has 0 saturated carbocycles. The Morgan fingerprint density at radius 2 is 0.769 bits per heavy atom. The summed E-state index contributed by atoms with van der Waals surface area (Å²) in [5.74, 6) is 0.729. The second-order valence-corrected chi connectivity index (χ2v) is 15.3. The number of rotatable bonds is 4. The molecule has 0 amide bonds. The highest BCUT2D eigenvalue weighted by Gasteiger charge is 2.39. The fourth-order valence-corrected chi connectivity index (χ4v) is 9.33. The van der Waals surface area contributed by atoms with Gasteiger partial charge in [0.1, 0.15) is 0 Å². The van der Waals surface area contributed by atoms with Crippen LogP contribution in [0.1, 0.15) is 49.9 Å². The zero-order chi connectivity index (χ0) is 35.2. The number of nitrogens with zero attached hydrogens (tertiary/aromatic N) is 2. The van der Waals surface area contributed by atoms with Crippen molar-refractivity contribution in [1.82, 2.24) is 9.97 Å². The van der Waals surface area contributed by atoms with Crippen molar-refractivity contribution >= 4 is 10.8 Å². The smallest absolute Gasteiger partial charge is 0.160 e. The molecular formula is C50H38N2. The summed E-state index contributed by atoms with van der Waals surface area (Å²) < 4.78 is 0. The lowest BCUT2D eigenvalue weighted by Crippen LogP contribution is -2.16. The summed E-state index contributed by atoms with van der Waals surface area (Å²) in [5, 5.41) is 2.40. The van der Waals surface area contributed by atoms with Gasteiger partial charge in [-0.05, 0) is 72.5 Å². The maximum Gasteiger partial charge on any atom is 0.160 e. The summed E-state index contributed by atoms with van der Waals surface area (Å²) >= 11 is 0. The lowest BCUT2D eigenvalue weighted by Gasteiger charge is -2.25. The Bertz CT molecular complexity index is 2730. The fraction of sp³-hybridized carbons (Fsp3) is 0.120. The largest absolute Gasteiger partial charge is 0.228 e. The molecule has 0 N–H and O–H groups in total. The molecule has 1 heterocycles. The minimum atomic E-state index is -0.168. The molecular weight excluding hydrogens is 629 g/mol. The molecule has 1 aromatic heterocycles. The van der Waals surface area contributed by atoms with Crippen molar-refractivity contribution < 1.29 is 0 Å². The third-order valence-electron chi connectivity index (χ3n) is 11.7. The molecule has 7 aromatic carbocycles. The molecule has 0 spiro atoms. The highest BCUT2D eigenvalue weighted by atomic mass is 14.9. The van der Waals surface area contributed by atoms with Gasteiger partial charge in [-0.2, -0.15) is 0 Å². The second-order valence-electron chi connectivity index (χ2n) is 15.3. The van der Waals surface area contributed by atoms with Gasteiger partial charge in [0, 0.05) is 27.5 Å². The van der Waals surface area contributed by atoms with Crippen LogP contribution < -0.4 is 0 Å². The van der Waals surface area contributed by atoms with Gasteiger partial charge in [-0.15, -0.1) is 0 Å². The Balaban J connectivity index is 1.20. The van der Waals surface area contributed by atoms with E-state index in [1.807, 2.05) is 6.07 Å². The zero-order valence-electron chi connectivity index (χ0n) is 29.9. The number of hydrogen-bond donors (Lipinski definition) is 0. The minimum Gasteiger partial charge on any atom is -0.228 e. The van der Waals surface area contributed by atoms with Crippen molar-refractivity contribution in [3.05, 3.63) is 180 Å². The van der Waals surface area contributed by atoms with E-state index in [-0.39, 0.29) is 10.8 Å². The standard InChI is InChI=1S/C50H38N2/c1-49(2)42-26-12-10-20-35(42)39-23-14-22-38(46(39)49)34-28-29-37(33-19-9-8-18-32(33)34)44-30-45(52-48(51-44)31-16-6-5-7-17-31)41-25-15-24-40-36-21-11-13-27-43(36)50(3,4)47(40)41/h5-30H,1-4H3. The van der Waals surface area contributed by atoms with E-state index >= 15 is 0 Å². The van der Waals surface area contributed by atoms with Crippen LogP contribution in [0.3, 0.4) is 0 Å². The molecule has 8 aromatic rings. The molecule has 0 radical (unpaired) electrons. The van der Waals surface area contributed by atoms with E-state index in [2.05, 4.69) is 179 Å². The van der Waals surface area contributed by atoms with Gasteiger partial charge in [-0.25, -0.2) is 9.97 Å². The second kappa shape index (κ2) is 11.2. The number of benzene rings is 7. The Kier molecular flexibility index (Phi) is 6.60. The molecule has 2 heteroatoms. The topological polar surface area (TPSA) is 25.8 Å². The van der Waals surface area contributed by atoms with Crippen LogP contribution >= 0.6 is 0 Å². The predicted octanol–water partition coefficient (Wildman–Crippen LogP) is 12.9. The molecule has 0 saturated heterocycles. The average Bonchev–Trinajstić information content (AvgIpc) is 3.57. The van der Waals surface area contributed by atoms with Gasteiger partial charge in [0.2, 0.25) is 0 Å². The average molecular weight is 667 g/mol. The van der Waals surface area contributed by atoms with Crippen LogP contribution in [0, 0.1) is 0 Å². The summed E-state index contributed by atoms with van der Waals surface area (Å²) in [6.45, 7) is 9.41. The first kappa shape index (κ1) is 30.7. The summed E-state index contributed by atoms with van der Waals surface area (Å²) in [4.78, 5) is 10.6. The minimum absolute atomic E-state index is 0.113. The Labute approximate surface area is 305 Å². The SMILES string of the molecule is CC1(C)c2ccccc2-c2cccc(-c3cc(-c4ccc(-c5cccc6c5C(C)(C)c5ccccc5-6)c5ccccc45)nc(-c4ccccc4)n3)c21. The molecule has 0 unspecified atom stereocenters. The van der Waals surface area contributed by atoms with Gasteiger partial charge in [0.05, 0.1) is 11.4 Å². The van der Waals surface area contributed by atoms with Crippen molar-refractivity contribution in [2.24, 2.45) is 0 Å². The highest BCUT2D eigenvalue weighted by molar-refractivity contribution is 6.06. The molecule has 52 heavy (non-hydrogen) atoms. The van der Waals surface area contributed by atoms with E-state index in [4.69, 9.17) is 9.97 Å². The lowest BCUT2D eigenvalue weighted by atomic mass is 9.78. The molecule has 248 valence electrons. The van der Waals surface area contributed by atoms with Gasteiger partial charge in [-0.3, -0.25) is 0 Å². The van der Waals surface area contributed by atoms with Crippen LogP contribution in [-0.4, -0.2) is 9.97 Å². The monoisotopic (exact) mass is 666 g/mol. The van der Waals surface area contributed by atoms with Crippen LogP contribution in [0.25, 0.3) is 78.1 Å². The van der Waals surface area contributed by atoms with E-state index in [0.29, 0.717) is 0 Å². The van der Waals surface area contributed by atoms with E-state index in [1.165, 1.54) is 66.4 Å². The molecule has 0 atom stereocenters. The Morgan fingerprint density at radius 1 is 0.346 bits per heavy atom. The van der Waals surface area contributed by atoms with Crippen LogP contribution in [0.5, 0.6) is 0 Å². The fourth-order valence-electron chi connectivity index (χ4n) is 9.33. The highest BCUT2D eigenvalue weighted by Crippen LogP contribution is 2.54. The van der Waals surface area contributed by atoms with Crippen molar-refractivity contribution in [2.45, 2.75) is 38.5 Å². The third kappa shape index (κ3) is 4.37. The predicted molar refractivity (Wildman–Crippen MR) is 216 cm³/mol. The van der Waals surface area contributed by atoms with Crippen molar-refractivity contribution in [1.29, 1.82) is 0 Å². The summed E-state index contributed by atoms with van der Waals surface area (Å²) in [7, 11) is 0. The normalized spacial score (nSPS) is 14.5. The Morgan fingerprint density at radius 3 is 1.38 bits per heavy atom. The third-order valence-corrected chi connectivity index (χ3v) is 11.7. The van der Waals surface area contributed by atoms with Crippen LogP contribution in [-0.2, 0) is 10.8 Å². The number of fused-ring (bicyclic) bond motifs is 7. The molecule has 0 bridgehead atoms.